The van der Waals surface area contributed by atoms with Crippen molar-refractivity contribution in [2.45, 2.75) is 12.5 Å². The van der Waals surface area contributed by atoms with Crippen LogP contribution in [0.25, 0.3) is 0 Å². The number of hydrogen-bond acceptors (Lipinski definition) is 3. The van der Waals surface area contributed by atoms with Crippen LogP contribution >= 0.6 is 0 Å². The molecular weight excluding hydrogens is 322 g/mol. The van der Waals surface area contributed by atoms with E-state index in [1.807, 2.05) is 12.1 Å². The zero-order chi connectivity index (χ0) is 17.9. The smallest absolute Gasteiger partial charge is 0.119 e. The van der Waals surface area contributed by atoms with E-state index in [-0.39, 0.29) is 6.04 Å². The van der Waals surface area contributed by atoms with Crippen molar-refractivity contribution in [2.24, 2.45) is 0 Å². The van der Waals surface area contributed by atoms with Gasteiger partial charge in [-0.1, -0.05) is 36.4 Å². The van der Waals surface area contributed by atoms with E-state index >= 15 is 0 Å². The van der Waals surface area contributed by atoms with Gasteiger partial charge in [0, 0.05) is 12.2 Å². The summed E-state index contributed by atoms with van der Waals surface area (Å²) in [5, 5.41) is 0. The van der Waals surface area contributed by atoms with Gasteiger partial charge >= 0.3 is 0 Å². The second kappa shape index (κ2) is 7.12. The first kappa shape index (κ1) is 16.5. The zero-order valence-electron chi connectivity index (χ0n) is 15.2. The molecule has 0 saturated heterocycles. The molecule has 3 aromatic rings. The molecule has 0 aromatic heterocycles. The van der Waals surface area contributed by atoms with Crippen LogP contribution < -0.4 is 14.4 Å². The fraction of sp³-hybridized carbons (Fsp3) is 0.217. The van der Waals surface area contributed by atoms with Crippen LogP contribution in [0.4, 0.5) is 5.69 Å². The van der Waals surface area contributed by atoms with Gasteiger partial charge in [-0.05, 0) is 59.5 Å². The van der Waals surface area contributed by atoms with Crippen molar-refractivity contribution < 1.29 is 9.47 Å². The summed E-state index contributed by atoms with van der Waals surface area (Å²) in [5.74, 6) is 1.81. The van der Waals surface area contributed by atoms with E-state index in [0.29, 0.717) is 0 Å². The van der Waals surface area contributed by atoms with Crippen LogP contribution in [0.1, 0.15) is 22.7 Å². The van der Waals surface area contributed by atoms with E-state index in [0.717, 1.165) is 24.5 Å². The minimum Gasteiger partial charge on any atom is -0.497 e. The predicted molar refractivity (Wildman–Crippen MR) is 105 cm³/mol. The molecule has 0 amide bonds. The summed E-state index contributed by atoms with van der Waals surface area (Å²) >= 11 is 0. The van der Waals surface area contributed by atoms with Crippen LogP contribution in [-0.2, 0) is 6.42 Å². The van der Waals surface area contributed by atoms with Gasteiger partial charge in [0.1, 0.15) is 11.5 Å². The maximum absolute atomic E-state index is 5.43. The maximum Gasteiger partial charge on any atom is 0.119 e. The molecule has 26 heavy (non-hydrogen) atoms. The van der Waals surface area contributed by atoms with E-state index in [9.17, 15) is 0 Å². The molecule has 1 atom stereocenters. The Labute approximate surface area is 154 Å². The lowest BCUT2D eigenvalue weighted by Gasteiger charge is -2.39. The zero-order valence-corrected chi connectivity index (χ0v) is 15.2. The van der Waals surface area contributed by atoms with Crippen LogP contribution in [0.15, 0.2) is 72.8 Å². The summed E-state index contributed by atoms with van der Waals surface area (Å²) in [7, 11) is 3.43. The number of rotatable bonds is 4. The molecule has 1 aliphatic heterocycles. The van der Waals surface area contributed by atoms with Gasteiger partial charge in [-0.2, -0.15) is 0 Å². The quantitative estimate of drug-likeness (QED) is 0.674. The third-order valence-corrected chi connectivity index (χ3v) is 5.10. The van der Waals surface area contributed by atoms with E-state index < -0.39 is 0 Å². The lowest BCUT2D eigenvalue weighted by molar-refractivity contribution is 0.413. The molecule has 3 heteroatoms. The first-order valence-corrected chi connectivity index (χ1v) is 8.92. The SMILES string of the molecule is COc1ccc(N2CCc3cc(OC)ccc3C2c2ccccc2)cc1. The Bertz CT molecular complexity index is 874. The number of nitrogens with zero attached hydrogens (tertiary/aromatic N) is 1. The minimum absolute atomic E-state index is 0.194. The monoisotopic (exact) mass is 345 g/mol. The molecular formula is C23H23NO2. The second-order valence-electron chi connectivity index (χ2n) is 6.52. The molecule has 0 bridgehead atoms. The molecule has 4 rings (SSSR count). The van der Waals surface area contributed by atoms with Gasteiger partial charge < -0.3 is 14.4 Å². The van der Waals surface area contributed by atoms with Gasteiger partial charge in [0.15, 0.2) is 0 Å². The number of benzene rings is 3. The van der Waals surface area contributed by atoms with Crippen molar-refractivity contribution in [1.82, 2.24) is 0 Å². The molecule has 0 aliphatic carbocycles. The summed E-state index contributed by atoms with van der Waals surface area (Å²) in [5.41, 5.74) is 5.22. The van der Waals surface area contributed by atoms with E-state index in [4.69, 9.17) is 9.47 Å². The number of anilines is 1. The molecule has 0 N–H and O–H groups in total. The van der Waals surface area contributed by atoms with Crippen molar-refractivity contribution in [3.05, 3.63) is 89.5 Å². The second-order valence-corrected chi connectivity index (χ2v) is 6.52. The summed E-state index contributed by atoms with van der Waals surface area (Å²) in [6.45, 7) is 0.964. The Kier molecular flexibility index (Phi) is 4.53. The van der Waals surface area contributed by atoms with Crippen molar-refractivity contribution >= 4 is 5.69 Å². The summed E-state index contributed by atoms with van der Waals surface area (Å²) in [4.78, 5) is 2.48. The summed E-state index contributed by atoms with van der Waals surface area (Å²) < 4.78 is 10.7. The molecule has 132 valence electrons. The molecule has 1 aliphatic rings. The van der Waals surface area contributed by atoms with Crippen LogP contribution in [0.2, 0.25) is 0 Å². The lowest BCUT2D eigenvalue weighted by Crippen LogP contribution is -2.36. The van der Waals surface area contributed by atoms with Gasteiger partial charge in [-0.3, -0.25) is 0 Å². The van der Waals surface area contributed by atoms with Crippen molar-refractivity contribution in [3.8, 4) is 11.5 Å². The molecule has 1 unspecified atom stereocenters. The Morgan fingerprint density at radius 2 is 1.50 bits per heavy atom. The highest BCUT2D eigenvalue weighted by Crippen LogP contribution is 2.39. The maximum atomic E-state index is 5.43. The number of hydrogen-bond donors (Lipinski definition) is 0. The molecule has 3 aromatic carbocycles. The number of fused-ring (bicyclic) bond motifs is 1. The topological polar surface area (TPSA) is 21.7 Å². The van der Waals surface area contributed by atoms with Crippen LogP contribution in [0.3, 0.4) is 0 Å². The van der Waals surface area contributed by atoms with Gasteiger partial charge in [-0.15, -0.1) is 0 Å². The van der Waals surface area contributed by atoms with Gasteiger partial charge in [0.25, 0.3) is 0 Å². The molecule has 0 spiro atoms. The highest BCUT2D eigenvalue weighted by molar-refractivity contribution is 5.57. The molecule has 0 saturated carbocycles. The molecule has 0 radical (unpaired) electrons. The van der Waals surface area contributed by atoms with E-state index in [1.165, 1.54) is 22.4 Å². The average molecular weight is 345 g/mol. The fourth-order valence-electron chi connectivity index (χ4n) is 3.78. The summed E-state index contributed by atoms with van der Waals surface area (Å²) in [6.07, 6.45) is 1.00. The van der Waals surface area contributed by atoms with Gasteiger partial charge in [0.05, 0.1) is 20.3 Å². The normalized spacial score (nSPS) is 16.1. The first-order valence-electron chi connectivity index (χ1n) is 8.92. The minimum atomic E-state index is 0.194. The Morgan fingerprint density at radius 1 is 0.808 bits per heavy atom. The third-order valence-electron chi connectivity index (χ3n) is 5.10. The predicted octanol–water partition coefficient (Wildman–Crippen LogP) is 4.86. The standard InChI is InChI=1S/C23H23NO2/c1-25-20-10-8-19(9-11-20)24-15-14-18-16-21(26-2)12-13-22(18)23(24)17-6-4-3-5-7-17/h3-13,16,23H,14-15H2,1-2H3. The Hall–Kier alpha value is -2.94. The highest BCUT2D eigenvalue weighted by Gasteiger charge is 2.29. The van der Waals surface area contributed by atoms with Crippen LogP contribution in [0.5, 0.6) is 11.5 Å². The van der Waals surface area contributed by atoms with Crippen molar-refractivity contribution in [1.29, 1.82) is 0 Å². The average Bonchev–Trinajstić information content (AvgIpc) is 2.73. The van der Waals surface area contributed by atoms with Crippen molar-refractivity contribution in [3.63, 3.8) is 0 Å². The van der Waals surface area contributed by atoms with Crippen molar-refractivity contribution in [2.75, 3.05) is 25.7 Å². The number of ether oxygens (including phenoxy) is 2. The molecule has 3 nitrogen and oxygen atoms in total. The lowest BCUT2D eigenvalue weighted by atomic mass is 9.87. The third kappa shape index (κ3) is 3.01. The van der Waals surface area contributed by atoms with Gasteiger partial charge in [0.2, 0.25) is 0 Å². The Morgan fingerprint density at radius 3 is 2.19 bits per heavy atom. The molecule has 0 fully saturated rings. The fourth-order valence-corrected chi connectivity index (χ4v) is 3.78. The molecule has 1 heterocycles. The first-order chi connectivity index (χ1) is 12.8. The summed E-state index contributed by atoms with van der Waals surface area (Å²) in [6, 6.07) is 25.7. The van der Waals surface area contributed by atoms with Gasteiger partial charge in [-0.25, -0.2) is 0 Å². The van der Waals surface area contributed by atoms with E-state index in [2.05, 4.69) is 65.6 Å². The van der Waals surface area contributed by atoms with Crippen LogP contribution in [-0.4, -0.2) is 20.8 Å². The Balaban J connectivity index is 1.80. The van der Waals surface area contributed by atoms with Crippen LogP contribution in [0, 0.1) is 0 Å². The van der Waals surface area contributed by atoms with E-state index in [1.54, 1.807) is 14.2 Å². The highest BCUT2D eigenvalue weighted by atomic mass is 16.5. The largest absolute Gasteiger partial charge is 0.497 e. The number of methoxy groups -OCH3 is 2.